The topological polar surface area (TPSA) is 0 Å². The third-order valence-electron chi connectivity index (χ3n) is 12.3. The van der Waals surface area contributed by atoms with Gasteiger partial charge in [-0.3, -0.25) is 0 Å². The molecule has 0 aliphatic heterocycles. The molecule has 0 saturated heterocycles. The predicted octanol–water partition coefficient (Wildman–Crippen LogP) is 15.5. The molecule has 0 heterocycles. The maximum absolute atomic E-state index is 2.45. The Labute approximate surface area is 346 Å². The molecule has 1 aliphatic carbocycles. The SMILES string of the molecule is c1ccc(C2(c3ccccc3)c3ccccc3-c3ccc(-c4cccc(-c5ccc(-c6cccc(-c7cccc(-c8ccc9ccccc9c8)c7)c6)cc5)c4)cc32)cc1. The van der Waals surface area contributed by atoms with Crippen molar-refractivity contribution in [3.8, 4) is 66.8 Å². The minimum Gasteiger partial charge on any atom is -0.0622 e. The zero-order chi connectivity index (χ0) is 39.2. The fourth-order valence-corrected chi connectivity index (χ4v) is 9.48. The van der Waals surface area contributed by atoms with Crippen LogP contribution in [-0.4, -0.2) is 0 Å². The van der Waals surface area contributed by atoms with Gasteiger partial charge in [0.05, 0.1) is 5.41 Å². The lowest BCUT2D eigenvalue weighted by molar-refractivity contribution is 0.769. The molecular formula is C59H40. The van der Waals surface area contributed by atoms with Crippen LogP contribution in [0.25, 0.3) is 77.5 Å². The molecule has 0 nitrogen and oxygen atoms in total. The van der Waals surface area contributed by atoms with Crippen LogP contribution in [0.4, 0.5) is 0 Å². The maximum atomic E-state index is 2.45. The van der Waals surface area contributed by atoms with Crippen LogP contribution in [0.15, 0.2) is 243 Å². The molecule has 0 fully saturated rings. The first-order chi connectivity index (χ1) is 29.2. The van der Waals surface area contributed by atoms with E-state index in [2.05, 4.69) is 243 Å². The minimum absolute atomic E-state index is 0.421. The Morgan fingerprint density at radius 1 is 0.203 bits per heavy atom. The van der Waals surface area contributed by atoms with Crippen LogP contribution in [-0.2, 0) is 5.41 Å². The minimum atomic E-state index is -0.421. The van der Waals surface area contributed by atoms with Crippen molar-refractivity contribution >= 4 is 10.8 Å². The summed E-state index contributed by atoms with van der Waals surface area (Å²) in [5, 5.41) is 2.52. The summed E-state index contributed by atoms with van der Waals surface area (Å²) in [4.78, 5) is 0. The van der Waals surface area contributed by atoms with Gasteiger partial charge in [-0.15, -0.1) is 0 Å². The molecule has 276 valence electrons. The Morgan fingerprint density at radius 2 is 0.593 bits per heavy atom. The smallest absolute Gasteiger partial charge is 0.0622 e. The number of rotatable bonds is 7. The molecule has 11 rings (SSSR count). The van der Waals surface area contributed by atoms with E-state index in [1.54, 1.807) is 0 Å². The van der Waals surface area contributed by atoms with E-state index >= 15 is 0 Å². The predicted molar refractivity (Wildman–Crippen MR) is 248 cm³/mol. The van der Waals surface area contributed by atoms with E-state index in [0.29, 0.717) is 0 Å². The standard InChI is InChI=1S/C59H40/c1-3-22-53(23-4-1)59(54-24-5-2-6-25-54)57-27-10-9-26-55(57)56-35-34-52(40-58(56)59)50-21-12-17-46(37-50)43-30-28-42(29-31-43)45-16-11-18-47(36-45)48-19-13-20-49(39-48)51-33-32-41-14-7-8-15-44(41)38-51/h1-40H. The Morgan fingerprint density at radius 3 is 1.15 bits per heavy atom. The lowest BCUT2D eigenvalue weighted by Crippen LogP contribution is -2.28. The second-order valence-electron chi connectivity index (χ2n) is 15.7. The van der Waals surface area contributed by atoms with Crippen molar-refractivity contribution in [3.05, 3.63) is 265 Å². The normalized spacial score (nSPS) is 12.5. The van der Waals surface area contributed by atoms with Gasteiger partial charge < -0.3 is 0 Å². The van der Waals surface area contributed by atoms with Gasteiger partial charge in [0.25, 0.3) is 0 Å². The highest BCUT2D eigenvalue weighted by Gasteiger charge is 2.46. The van der Waals surface area contributed by atoms with Crippen molar-refractivity contribution in [2.24, 2.45) is 0 Å². The van der Waals surface area contributed by atoms with Gasteiger partial charge in [0, 0.05) is 0 Å². The molecule has 0 atom stereocenters. The van der Waals surface area contributed by atoms with Gasteiger partial charge in [0.15, 0.2) is 0 Å². The average Bonchev–Trinajstić information content (AvgIpc) is 3.62. The first-order valence-electron chi connectivity index (χ1n) is 20.5. The highest BCUT2D eigenvalue weighted by Crippen LogP contribution is 2.56. The Kier molecular flexibility index (Phi) is 8.49. The van der Waals surface area contributed by atoms with Gasteiger partial charge >= 0.3 is 0 Å². The van der Waals surface area contributed by atoms with Crippen LogP contribution in [0.1, 0.15) is 22.3 Å². The van der Waals surface area contributed by atoms with Crippen LogP contribution in [0, 0.1) is 0 Å². The van der Waals surface area contributed by atoms with Gasteiger partial charge in [-0.25, -0.2) is 0 Å². The van der Waals surface area contributed by atoms with Crippen molar-refractivity contribution in [1.82, 2.24) is 0 Å². The molecule has 0 heteroatoms. The van der Waals surface area contributed by atoms with E-state index < -0.39 is 5.41 Å². The first kappa shape index (κ1) is 34.7. The molecule has 10 aromatic carbocycles. The van der Waals surface area contributed by atoms with Crippen molar-refractivity contribution in [3.63, 3.8) is 0 Å². The second-order valence-corrected chi connectivity index (χ2v) is 15.7. The monoisotopic (exact) mass is 748 g/mol. The Hall–Kier alpha value is -7.54. The molecule has 0 unspecified atom stereocenters. The third kappa shape index (κ3) is 6.01. The van der Waals surface area contributed by atoms with Gasteiger partial charge in [-0.1, -0.05) is 212 Å². The molecule has 0 saturated carbocycles. The number of hydrogen-bond donors (Lipinski definition) is 0. The maximum Gasteiger partial charge on any atom is 0.0713 e. The van der Waals surface area contributed by atoms with Gasteiger partial charge in [0.2, 0.25) is 0 Å². The lowest BCUT2D eigenvalue weighted by atomic mass is 9.67. The highest BCUT2D eigenvalue weighted by molar-refractivity contribution is 5.90. The molecule has 0 N–H and O–H groups in total. The fourth-order valence-electron chi connectivity index (χ4n) is 9.48. The van der Waals surface area contributed by atoms with E-state index in [9.17, 15) is 0 Å². The van der Waals surface area contributed by atoms with Crippen molar-refractivity contribution in [1.29, 1.82) is 0 Å². The zero-order valence-electron chi connectivity index (χ0n) is 32.6. The molecule has 0 amide bonds. The summed E-state index contributed by atoms with van der Waals surface area (Å²) in [7, 11) is 0. The third-order valence-corrected chi connectivity index (χ3v) is 12.3. The van der Waals surface area contributed by atoms with E-state index in [0.717, 1.165) is 0 Å². The highest BCUT2D eigenvalue weighted by atomic mass is 14.5. The molecule has 0 radical (unpaired) electrons. The van der Waals surface area contributed by atoms with E-state index in [1.807, 2.05) is 0 Å². The van der Waals surface area contributed by atoms with Crippen molar-refractivity contribution in [2.45, 2.75) is 5.41 Å². The van der Waals surface area contributed by atoms with Crippen LogP contribution in [0.3, 0.4) is 0 Å². The quantitative estimate of drug-likeness (QED) is 0.152. The van der Waals surface area contributed by atoms with E-state index in [1.165, 1.54) is 99.8 Å². The Balaban J connectivity index is 0.914. The molecule has 59 heavy (non-hydrogen) atoms. The zero-order valence-corrected chi connectivity index (χ0v) is 32.6. The summed E-state index contributed by atoms with van der Waals surface area (Å²) in [6.07, 6.45) is 0. The second kappa shape index (κ2) is 14.4. The van der Waals surface area contributed by atoms with Crippen LogP contribution < -0.4 is 0 Å². The molecule has 1 aliphatic rings. The van der Waals surface area contributed by atoms with Gasteiger partial charge in [-0.2, -0.15) is 0 Å². The Bertz CT molecular complexity index is 3100. The molecule has 10 aromatic rings. The van der Waals surface area contributed by atoms with E-state index in [-0.39, 0.29) is 0 Å². The summed E-state index contributed by atoms with van der Waals surface area (Å²) in [5.41, 5.74) is 19.5. The summed E-state index contributed by atoms with van der Waals surface area (Å²) in [5.74, 6) is 0. The van der Waals surface area contributed by atoms with E-state index in [4.69, 9.17) is 0 Å². The summed E-state index contributed by atoms with van der Waals surface area (Å²) in [6.45, 7) is 0. The van der Waals surface area contributed by atoms with Gasteiger partial charge in [-0.05, 0) is 130 Å². The summed E-state index contributed by atoms with van der Waals surface area (Å²) < 4.78 is 0. The first-order valence-corrected chi connectivity index (χ1v) is 20.5. The van der Waals surface area contributed by atoms with Crippen LogP contribution >= 0.6 is 0 Å². The fraction of sp³-hybridized carbons (Fsp3) is 0.0169. The summed E-state index contributed by atoms with van der Waals surface area (Å²) in [6, 6.07) is 89.2. The number of benzene rings is 10. The molecule has 0 bridgehead atoms. The van der Waals surface area contributed by atoms with Crippen molar-refractivity contribution < 1.29 is 0 Å². The molecule has 0 aromatic heterocycles. The average molecular weight is 749 g/mol. The molecule has 0 spiro atoms. The largest absolute Gasteiger partial charge is 0.0713 e. The number of fused-ring (bicyclic) bond motifs is 4. The lowest BCUT2D eigenvalue weighted by Gasteiger charge is -2.34. The van der Waals surface area contributed by atoms with Gasteiger partial charge in [0.1, 0.15) is 0 Å². The molecular weight excluding hydrogens is 709 g/mol. The summed E-state index contributed by atoms with van der Waals surface area (Å²) >= 11 is 0. The van der Waals surface area contributed by atoms with Crippen LogP contribution in [0.5, 0.6) is 0 Å². The van der Waals surface area contributed by atoms with Crippen LogP contribution in [0.2, 0.25) is 0 Å². The number of hydrogen-bond acceptors (Lipinski definition) is 0. The van der Waals surface area contributed by atoms with Crippen molar-refractivity contribution in [2.75, 3.05) is 0 Å².